The molecule has 0 aliphatic carbocycles. The zero-order valence-corrected chi connectivity index (χ0v) is 17.0. The molecule has 0 radical (unpaired) electrons. The van der Waals surface area contributed by atoms with E-state index >= 15 is 0 Å². The number of nitrogens with zero attached hydrogens (tertiary/aromatic N) is 2. The lowest BCUT2D eigenvalue weighted by atomic mass is 10.1. The molecule has 0 aromatic heterocycles. The van der Waals surface area contributed by atoms with Gasteiger partial charge in [0.15, 0.2) is 17.7 Å². The van der Waals surface area contributed by atoms with E-state index in [1.54, 1.807) is 6.07 Å². The minimum Gasteiger partial charge on any atom is -0.478 e. The van der Waals surface area contributed by atoms with Gasteiger partial charge in [-0.3, -0.25) is 25.2 Å². The summed E-state index contributed by atoms with van der Waals surface area (Å²) in [4.78, 5) is 36.3. The molecule has 1 heterocycles. The number of nitrogens with one attached hydrogen (secondary N) is 2. The minimum absolute atomic E-state index is 0.0471. The maximum Gasteiger partial charge on any atom is 0.279 e. The molecule has 9 heteroatoms. The quantitative estimate of drug-likeness (QED) is 0.663. The Hall–Kier alpha value is -3.75. The van der Waals surface area contributed by atoms with E-state index in [4.69, 9.17) is 4.74 Å². The van der Waals surface area contributed by atoms with E-state index in [1.807, 2.05) is 30.3 Å². The Morgan fingerprint density at radius 2 is 1.77 bits per heavy atom. The number of benzene rings is 2. The molecule has 0 saturated carbocycles. The number of rotatable bonds is 7. The molecule has 2 aromatic rings. The lowest BCUT2D eigenvalue weighted by molar-refractivity contribution is -0.135. The van der Waals surface area contributed by atoms with Gasteiger partial charge < -0.3 is 4.74 Å². The van der Waals surface area contributed by atoms with Crippen molar-refractivity contribution in [3.8, 4) is 5.75 Å². The third-order valence-corrected chi connectivity index (χ3v) is 4.60. The van der Waals surface area contributed by atoms with E-state index in [0.717, 1.165) is 11.3 Å². The molecule has 31 heavy (non-hydrogen) atoms. The highest BCUT2D eigenvalue weighted by Crippen LogP contribution is 2.17. The van der Waals surface area contributed by atoms with Crippen LogP contribution in [0.1, 0.15) is 31.7 Å². The van der Waals surface area contributed by atoms with Crippen LogP contribution >= 0.6 is 0 Å². The summed E-state index contributed by atoms with van der Waals surface area (Å²) in [7, 11) is 0. The number of amides is 3. The molecular weight excluding hydrogens is 403 g/mol. The number of para-hydroxylation sites is 1. The van der Waals surface area contributed by atoms with Gasteiger partial charge in [-0.1, -0.05) is 42.5 Å². The van der Waals surface area contributed by atoms with Gasteiger partial charge in [0.25, 0.3) is 5.91 Å². The molecule has 1 aliphatic heterocycles. The molecule has 0 unspecified atom stereocenters. The average molecular weight is 426 g/mol. The predicted octanol–water partition coefficient (Wildman–Crippen LogP) is 2.16. The molecule has 0 saturated heterocycles. The highest BCUT2D eigenvalue weighted by atomic mass is 19.1. The van der Waals surface area contributed by atoms with Gasteiger partial charge in [0.05, 0.1) is 12.3 Å². The SMILES string of the molecule is C[C@@H](Oc1ccccc1F)C(=O)NNC(=O)CCC(=O)N1CCC(c2ccccc2)=N1. The monoisotopic (exact) mass is 426 g/mol. The van der Waals surface area contributed by atoms with E-state index in [-0.39, 0.29) is 24.5 Å². The van der Waals surface area contributed by atoms with Crippen LogP contribution in [0.4, 0.5) is 4.39 Å². The van der Waals surface area contributed by atoms with E-state index in [0.29, 0.717) is 13.0 Å². The molecule has 162 valence electrons. The first-order valence-corrected chi connectivity index (χ1v) is 9.87. The number of hydrogen-bond acceptors (Lipinski definition) is 5. The van der Waals surface area contributed by atoms with Crippen molar-refractivity contribution in [2.75, 3.05) is 6.54 Å². The van der Waals surface area contributed by atoms with Crippen molar-refractivity contribution in [3.05, 3.63) is 66.0 Å². The second kappa shape index (κ2) is 10.3. The lowest BCUT2D eigenvalue weighted by Crippen LogP contribution is -2.47. The number of hydrazone groups is 1. The number of carbonyl (C=O) groups excluding carboxylic acids is 3. The molecule has 3 amide bonds. The molecule has 2 N–H and O–H groups in total. The zero-order chi connectivity index (χ0) is 22.2. The maximum absolute atomic E-state index is 13.6. The first-order chi connectivity index (χ1) is 14.9. The standard InChI is InChI=1S/C22H23FN4O4/c1-15(31-19-10-6-5-9-17(19)23)22(30)25-24-20(28)11-12-21(29)27-14-13-18(26-27)16-7-3-2-4-8-16/h2-10,15H,11-14H2,1H3,(H,24,28)(H,25,30)/t15-/m1/s1. The second-order valence-electron chi connectivity index (χ2n) is 6.91. The summed E-state index contributed by atoms with van der Waals surface area (Å²) in [5, 5.41) is 5.69. The molecule has 2 aromatic carbocycles. The highest BCUT2D eigenvalue weighted by molar-refractivity contribution is 6.02. The Morgan fingerprint density at radius 3 is 2.52 bits per heavy atom. The van der Waals surface area contributed by atoms with E-state index in [2.05, 4.69) is 16.0 Å². The first kappa shape index (κ1) is 21.9. The summed E-state index contributed by atoms with van der Waals surface area (Å²) >= 11 is 0. The van der Waals surface area contributed by atoms with Gasteiger partial charge in [-0.25, -0.2) is 9.40 Å². The number of halogens is 1. The molecule has 0 bridgehead atoms. The van der Waals surface area contributed by atoms with Crippen molar-refractivity contribution in [2.24, 2.45) is 5.10 Å². The molecule has 1 aliphatic rings. The fourth-order valence-corrected chi connectivity index (χ4v) is 2.90. The van der Waals surface area contributed by atoms with Gasteiger partial charge in [-0.2, -0.15) is 5.10 Å². The highest BCUT2D eigenvalue weighted by Gasteiger charge is 2.22. The summed E-state index contributed by atoms with van der Waals surface area (Å²) < 4.78 is 18.8. The Balaban J connectivity index is 1.40. The summed E-state index contributed by atoms with van der Waals surface area (Å²) in [5.41, 5.74) is 6.22. The van der Waals surface area contributed by atoms with Gasteiger partial charge in [0.1, 0.15) is 0 Å². The largest absolute Gasteiger partial charge is 0.478 e. The van der Waals surface area contributed by atoms with Crippen LogP contribution in [-0.4, -0.2) is 41.1 Å². The van der Waals surface area contributed by atoms with E-state index in [1.165, 1.54) is 30.1 Å². The summed E-state index contributed by atoms with van der Waals surface area (Å²) in [6.07, 6.45) is -0.546. The molecule has 0 fully saturated rings. The van der Waals surface area contributed by atoms with E-state index < -0.39 is 23.7 Å². The fraction of sp³-hybridized carbons (Fsp3) is 0.273. The molecule has 8 nitrogen and oxygen atoms in total. The second-order valence-corrected chi connectivity index (χ2v) is 6.91. The summed E-state index contributed by atoms with van der Waals surface area (Å²) in [6, 6.07) is 15.3. The van der Waals surface area contributed by atoms with Gasteiger partial charge in [-0.05, 0) is 24.6 Å². The normalized spacial score (nSPS) is 13.9. The van der Waals surface area contributed by atoms with Crippen molar-refractivity contribution in [1.29, 1.82) is 0 Å². The van der Waals surface area contributed by atoms with Gasteiger partial charge in [0, 0.05) is 19.3 Å². The van der Waals surface area contributed by atoms with Gasteiger partial charge >= 0.3 is 0 Å². The van der Waals surface area contributed by atoms with Crippen LogP contribution in [0.15, 0.2) is 59.7 Å². The molecular formula is C22H23FN4O4. The first-order valence-electron chi connectivity index (χ1n) is 9.87. The third kappa shape index (κ3) is 6.11. The third-order valence-electron chi connectivity index (χ3n) is 4.60. The maximum atomic E-state index is 13.6. The summed E-state index contributed by atoms with van der Waals surface area (Å²) in [5.74, 6) is -2.12. The van der Waals surface area contributed by atoms with Crippen molar-refractivity contribution in [3.63, 3.8) is 0 Å². The van der Waals surface area contributed by atoms with Gasteiger partial charge in [-0.15, -0.1) is 0 Å². The van der Waals surface area contributed by atoms with Crippen LogP contribution in [0.5, 0.6) is 5.75 Å². The van der Waals surface area contributed by atoms with Gasteiger partial charge in [0.2, 0.25) is 11.8 Å². The zero-order valence-electron chi connectivity index (χ0n) is 17.0. The van der Waals surface area contributed by atoms with Crippen LogP contribution < -0.4 is 15.6 Å². The Bertz CT molecular complexity index is 980. The topological polar surface area (TPSA) is 100 Å². The number of carbonyl (C=O) groups is 3. The van der Waals surface area contributed by atoms with Crippen LogP contribution in [-0.2, 0) is 14.4 Å². The fourth-order valence-electron chi connectivity index (χ4n) is 2.90. The Kier molecular flexibility index (Phi) is 7.31. The van der Waals surface area contributed by atoms with Crippen LogP contribution in [0.25, 0.3) is 0 Å². The smallest absolute Gasteiger partial charge is 0.279 e. The average Bonchev–Trinajstić information content (AvgIpc) is 3.28. The van der Waals surface area contributed by atoms with Crippen molar-refractivity contribution in [2.45, 2.75) is 32.3 Å². The lowest BCUT2D eigenvalue weighted by Gasteiger charge is -2.15. The number of ether oxygens (including phenoxy) is 1. The Labute approximate surface area is 179 Å². The van der Waals surface area contributed by atoms with E-state index in [9.17, 15) is 18.8 Å². The molecule has 3 rings (SSSR count). The number of hydrogen-bond donors (Lipinski definition) is 2. The van der Waals surface area contributed by atoms with Crippen LogP contribution in [0, 0.1) is 5.82 Å². The summed E-state index contributed by atoms with van der Waals surface area (Å²) in [6.45, 7) is 1.89. The Morgan fingerprint density at radius 1 is 1.06 bits per heavy atom. The van der Waals surface area contributed by atoms with Crippen molar-refractivity contribution in [1.82, 2.24) is 15.9 Å². The van der Waals surface area contributed by atoms with Crippen LogP contribution in [0.2, 0.25) is 0 Å². The molecule has 1 atom stereocenters. The van der Waals surface area contributed by atoms with Crippen LogP contribution in [0.3, 0.4) is 0 Å². The minimum atomic E-state index is -1.03. The number of hydrazine groups is 1. The van der Waals surface area contributed by atoms with Crippen molar-refractivity contribution < 1.29 is 23.5 Å². The predicted molar refractivity (Wildman–Crippen MR) is 111 cm³/mol. The molecule has 0 spiro atoms. The van der Waals surface area contributed by atoms with Crippen molar-refractivity contribution >= 4 is 23.4 Å².